The number of carbonyl (C=O) groups excluding carboxylic acids is 1. The molecule has 5 atom stereocenters. The lowest BCUT2D eigenvalue weighted by Gasteiger charge is -2.45. The molecule has 2 aromatic rings. The fraction of sp³-hybridized carbons (Fsp3) is 0.409. The molecule has 2 bridgehead atoms. The number of rotatable bonds is 3. The van der Waals surface area contributed by atoms with Crippen LogP contribution in [0.3, 0.4) is 0 Å². The van der Waals surface area contributed by atoms with Crippen LogP contribution in [0, 0.1) is 0 Å². The summed E-state index contributed by atoms with van der Waals surface area (Å²) < 4.78 is 12.6. The number of fused-ring (bicyclic) bond motifs is 5. The number of benzene rings is 2. The van der Waals surface area contributed by atoms with Gasteiger partial charge in [0, 0.05) is 18.4 Å². The summed E-state index contributed by atoms with van der Waals surface area (Å²) in [5.41, 5.74) is 2.83. The van der Waals surface area contributed by atoms with E-state index in [1.807, 2.05) is 54.6 Å². The zero-order chi connectivity index (χ0) is 18.6. The van der Waals surface area contributed by atoms with E-state index in [-0.39, 0.29) is 29.2 Å². The summed E-state index contributed by atoms with van der Waals surface area (Å²) in [6.07, 6.45) is 2.06. The summed E-state index contributed by atoms with van der Waals surface area (Å²) in [7, 11) is 4.55. The van der Waals surface area contributed by atoms with Gasteiger partial charge < -0.3 is 30.9 Å². The number of carbonyl (C=O) groups is 1. The second-order valence-corrected chi connectivity index (χ2v) is 8.36. The number of ether oxygens (including phenoxy) is 2. The molecule has 3 heterocycles. The van der Waals surface area contributed by atoms with E-state index in [1.165, 1.54) is 0 Å². The molecule has 3 aliphatic rings. The van der Waals surface area contributed by atoms with Gasteiger partial charge in [0.2, 0.25) is 0 Å². The summed E-state index contributed by atoms with van der Waals surface area (Å²) in [6, 6.07) is 18.7. The predicted molar refractivity (Wildman–Crippen MR) is 103 cm³/mol. The molecule has 1 N–H and O–H groups in total. The lowest BCUT2D eigenvalue weighted by molar-refractivity contribution is -0.938. The number of hydrogen-bond acceptors (Lipinski definition) is 3. The van der Waals surface area contributed by atoms with E-state index in [0.29, 0.717) is 24.3 Å². The fourth-order valence-electron chi connectivity index (χ4n) is 5.05. The van der Waals surface area contributed by atoms with Crippen molar-refractivity contribution in [1.29, 1.82) is 0 Å². The number of halogens is 1. The van der Waals surface area contributed by atoms with Crippen LogP contribution in [-0.4, -0.2) is 55.1 Å². The molecule has 2 aromatic carbocycles. The van der Waals surface area contributed by atoms with Gasteiger partial charge in [0.05, 0.1) is 19.8 Å². The molecule has 5 nitrogen and oxygen atoms in total. The number of para-hydroxylation sites is 1. The standard InChI is InChI=1S/C22H24N2O3.BrH/c1-24(2)18-12-15(13-19(24)21-20(18)27-21)26-22(25)23-17-11-7-6-10-16(17)14-8-4-3-5-9-14;/h3-11,15,18-21H,12-13H2,1-2H3;1H/t15?,18-,19+,20?,21?;. The van der Waals surface area contributed by atoms with Crippen molar-refractivity contribution >= 4 is 11.8 Å². The van der Waals surface area contributed by atoms with Crippen molar-refractivity contribution < 1.29 is 35.7 Å². The smallest absolute Gasteiger partial charge is 0.411 e. The highest BCUT2D eigenvalue weighted by atomic mass is 79.9. The number of likely N-dealkylation sites (N-methyl/N-ethyl adjacent to an activating group) is 1. The number of nitrogens with zero attached hydrogens (tertiary/aromatic N) is 1. The van der Waals surface area contributed by atoms with Crippen LogP contribution in [0.2, 0.25) is 0 Å². The molecule has 1 amide bonds. The number of morpholine rings is 1. The Bertz CT molecular complexity index is 853. The van der Waals surface area contributed by atoms with Crippen LogP contribution in [0.15, 0.2) is 54.6 Å². The molecule has 3 unspecified atom stereocenters. The highest BCUT2D eigenvalue weighted by Crippen LogP contribution is 2.51. The Kier molecular flexibility index (Phi) is 4.98. The molecule has 6 heteroatoms. The minimum Gasteiger partial charge on any atom is -1.00 e. The van der Waals surface area contributed by atoms with Gasteiger partial charge in [-0.3, -0.25) is 5.32 Å². The molecular weight excluding hydrogens is 420 g/mol. The molecule has 0 radical (unpaired) electrons. The number of quaternary nitrogens is 1. The molecule has 148 valence electrons. The number of piperidine rings is 1. The van der Waals surface area contributed by atoms with Crippen LogP contribution in [0.25, 0.3) is 11.1 Å². The first kappa shape index (κ1) is 19.4. The topological polar surface area (TPSA) is 50.9 Å². The molecule has 5 rings (SSSR count). The molecule has 0 spiro atoms. The Morgan fingerprint density at radius 2 is 1.61 bits per heavy atom. The van der Waals surface area contributed by atoms with Gasteiger partial charge in [-0.2, -0.15) is 0 Å². The maximum absolute atomic E-state index is 12.6. The number of nitrogens with one attached hydrogen (secondary N) is 1. The van der Waals surface area contributed by atoms with E-state index in [1.54, 1.807) is 0 Å². The van der Waals surface area contributed by atoms with Crippen LogP contribution in [0.1, 0.15) is 12.8 Å². The van der Waals surface area contributed by atoms with Crippen molar-refractivity contribution in [1.82, 2.24) is 0 Å². The lowest BCUT2D eigenvalue weighted by Crippen LogP contribution is -3.00. The third-order valence-electron chi connectivity index (χ3n) is 6.56. The second kappa shape index (κ2) is 7.17. The predicted octanol–water partition coefficient (Wildman–Crippen LogP) is 0.663. The second-order valence-electron chi connectivity index (χ2n) is 8.36. The van der Waals surface area contributed by atoms with Gasteiger partial charge in [0.15, 0.2) is 0 Å². The first-order chi connectivity index (χ1) is 13.0. The summed E-state index contributed by atoms with van der Waals surface area (Å²) in [5.74, 6) is 0. The average molecular weight is 445 g/mol. The number of hydrogen-bond donors (Lipinski definition) is 1. The Labute approximate surface area is 176 Å². The van der Waals surface area contributed by atoms with Gasteiger partial charge in [0.25, 0.3) is 0 Å². The quantitative estimate of drug-likeness (QED) is 0.558. The van der Waals surface area contributed by atoms with Gasteiger partial charge in [-0.1, -0.05) is 48.5 Å². The summed E-state index contributed by atoms with van der Waals surface area (Å²) in [6.45, 7) is 0. The van der Waals surface area contributed by atoms with Gasteiger partial charge in [-0.25, -0.2) is 4.79 Å². The molecule has 3 fully saturated rings. The maximum Gasteiger partial charge on any atom is 0.411 e. The Morgan fingerprint density at radius 1 is 1.00 bits per heavy atom. The van der Waals surface area contributed by atoms with Crippen LogP contribution in [-0.2, 0) is 9.47 Å². The number of epoxide rings is 1. The van der Waals surface area contributed by atoms with Crippen molar-refractivity contribution in [3.05, 3.63) is 54.6 Å². The highest BCUT2D eigenvalue weighted by molar-refractivity contribution is 5.91. The largest absolute Gasteiger partial charge is 1.00 e. The fourth-order valence-corrected chi connectivity index (χ4v) is 5.05. The van der Waals surface area contributed by atoms with E-state index in [0.717, 1.165) is 34.1 Å². The van der Waals surface area contributed by atoms with Crippen LogP contribution >= 0.6 is 0 Å². The first-order valence-electron chi connectivity index (χ1n) is 9.65. The molecule has 3 aliphatic heterocycles. The van der Waals surface area contributed by atoms with Crippen LogP contribution in [0.4, 0.5) is 10.5 Å². The molecule has 0 saturated carbocycles. The zero-order valence-corrected chi connectivity index (χ0v) is 17.6. The van der Waals surface area contributed by atoms with Gasteiger partial charge in [0.1, 0.15) is 30.4 Å². The lowest BCUT2D eigenvalue weighted by atomic mass is 9.96. The molecule has 0 aromatic heterocycles. The van der Waals surface area contributed by atoms with Crippen molar-refractivity contribution in [2.45, 2.75) is 43.2 Å². The molecule has 0 aliphatic carbocycles. The van der Waals surface area contributed by atoms with E-state index >= 15 is 0 Å². The zero-order valence-electron chi connectivity index (χ0n) is 16.0. The minimum atomic E-state index is -0.371. The summed E-state index contributed by atoms with van der Waals surface area (Å²) >= 11 is 0. The van der Waals surface area contributed by atoms with E-state index in [4.69, 9.17) is 9.47 Å². The third kappa shape index (κ3) is 3.23. The summed E-state index contributed by atoms with van der Waals surface area (Å²) in [5, 5.41) is 2.95. The van der Waals surface area contributed by atoms with Gasteiger partial charge in [-0.05, 0) is 11.6 Å². The van der Waals surface area contributed by atoms with E-state index < -0.39 is 0 Å². The summed E-state index contributed by atoms with van der Waals surface area (Å²) in [4.78, 5) is 12.6. The minimum absolute atomic E-state index is 0. The van der Waals surface area contributed by atoms with E-state index in [9.17, 15) is 4.79 Å². The van der Waals surface area contributed by atoms with Gasteiger partial charge >= 0.3 is 6.09 Å². The van der Waals surface area contributed by atoms with Gasteiger partial charge in [-0.15, -0.1) is 0 Å². The molecule has 28 heavy (non-hydrogen) atoms. The van der Waals surface area contributed by atoms with Crippen LogP contribution < -0.4 is 22.3 Å². The normalized spacial score (nSPS) is 31.3. The van der Waals surface area contributed by atoms with E-state index in [2.05, 4.69) is 19.4 Å². The van der Waals surface area contributed by atoms with Crippen molar-refractivity contribution in [2.75, 3.05) is 19.4 Å². The van der Waals surface area contributed by atoms with Crippen molar-refractivity contribution in [2.24, 2.45) is 0 Å². The molecular formula is C22H25BrN2O3. The molecule has 3 saturated heterocycles. The maximum atomic E-state index is 12.6. The Morgan fingerprint density at radius 3 is 2.29 bits per heavy atom. The number of amides is 1. The average Bonchev–Trinajstić information content (AvgIpc) is 3.41. The SMILES string of the molecule is C[N+]1(C)[C@@H]2CC(OC(=O)Nc3ccccc3-c3ccccc3)C[C@H]1C1OC12.[Br-]. The van der Waals surface area contributed by atoms with Crippen molar-refractivity contribution in [3.63, 3.8) is 0 Å². The number of anilines is 1. The van der Waals surface area contributed by atoms with Crippen molar-refractivity contribution in [3.8, 4) is 11.1 Å². The third-order valence-corrected chi connectivity index (χ3v) is 6.56. The highest BCUT2D eigenvalue weighted by Gasteiger charge is 2.70. The monoisotopic (exact) mass is 444 g/mol. The Balaban J connectivity index is 0.00000192. The van der Waals surface area contributed by atoms with Crippen LogP contribution in [0.5, 0.6) is 0 Å². The first-order valence-corrected chi connectivity index (χ1v) is 9.65. The Hall–Kier alpha value is -1.89.